The van der Waals surface area contributed by atoms with Gasteiger partial charge in [-0.25, -0.2) is 5.43 Å². The summed E-state index contributed by atoms with van der Waals surface area (Å²) in [5, 5.41) is 15.1. The first-order chi connectivity index (χ1) is 14.1. The molecule has 7 heteroatoms. The second-order valence-electron chi connectivity index (χ2n) is 6.16. The Morgan fingerprint density at radius 1 is 1.00 bits per heavy atom. The van der Waals surface area contributed by atoms with Crippen molar-refractivity contribution in [3.05, 3.63) is 94.5 Å². The predicted octanol–water partition coefficient (Wildman–Crippen LogP) is 4.18. The van der Waals surface area contributed by atoms with Crippen LogP contribution in [-0.2, 0) is 4.79 Å². The number of rotatable bonds is 7. The Labute approximate surface area is 167 Å². The summed E-state index contributed by atoms with van der Waals surface area (Å²) in [5.74, 6) is 0.110. The third-order valence-corrected chi connectivity index (χ3v) is 4.17. The molecule has 146 valence electrons. The van der Waals surface area contributed by atoms with E-state index in [0.717, 1.165) is 11.1 Å². The first-order valence-electron chi connectivity index (χ1n) is 8.90. The summed E-state index contributed by atoms with van der Waals surface area (Å²) in [7, 11) is 0. The summed E-state index contributed by atoms with van der Waals surface area (Å²) in [4.78, 5) is 22.8. The van der Waals surface area contributed by atoms with Crippen LogP contribution >= 0.6 is 0 Å². The Kier molecular flexibility index (Phi) is 6.32. The van der Waals surface area contributed by atoms with E-state index < -0.39 is 10.8 Å². The Hall–Kier alpha value is -4.00. The summed E-state index contributed by atoms with van der Waals surface area (Å²) in [5.41, 5.74) is 4.83. The van der Waals surface area contributed by atoms with Gasteiger partial charge in [-0.15, -0.1) is 0 Å². The minimum Gasteiger partial charge on any atom is -0.483 e. The molecule has 0 saturated carbocycles. The molecule has 0 saturated heterocycles. The van der Waals surface area contributed by atoms with Crippen molar-refractivity contribution in [2.75, 3.05) is 6.61 Å². The molecule has 0 aliphatic heterocycles. The van der Waals surface area contributed by atoms with Crippen molar-refractivity contribution < 1.29 is 14.5 Å². The fourth-order valence-corrected chi connectivity index (χ4v) is 2.77. The van der Waals surface area contributed by atoms with E-state index in [9.17, 15) is 14.9 Å². The Balaban J connectivity index is 1.66. The van der Waals surface area contributed by atoms with E-state index in [-0.39, 0.29) is 12.3 Å². The summed E-state index contributed by atoms with van der Waals surface area (Å²) in [6.45, 7) is 1.35. The van der Waals surface area contributed by atoms with Gasteiger partial charge in [0.15, 0.2) is 6.61 Å². The smallest absolute Gasteiger partial charge is 0.278 e. The van der Waals surface area contributed by atoms with Crippen LogP contribution in [0.25, 0.3) is 11.1 Å². The van der Waals surface area contributed by atoms with Crippen LogP contribution in [0.1, 0.15) is 12.5 Å². The molecule has 0 atom stereocenters. The number of nitrogens with one attached hydrogen (secondary N) is 1. The van der Waals surface area contributed by atoms with Crippen molar-refractivity contribution >= 4 is 17.3 Å². The highest BCUT2D eigenvalue weighted by Crippen LogP contribution is 2.29. The van der Waals surface area contributed by atoms with Crippen LogP contribution in [0, 0.1) is 10.1 Å². The van der Waals surface area contributed by atoms with Crippen molar-refractivity contribution in [2.45, 2.75) is 6.92 Å². The zero-order valence-electron chi connectivity index (χ0n) is 15.7. The number of benzene rings is 3. The molecule has 29 heavy (non-hydrogen) atoms. The molecular formula is C22H19N3O4. The van der Waals surface area contributed by atoms with Gasteiger partial charge in [0.25, 0.3) is 11.6 Å². The van der Waals surface area contributed by atoms with Gasteiger partial charge in [-0.05, 0) is 24.6 Å². The number of nitro benzene ring substituents is 1. The quantitative estimate of drug-likeness (QED) is 0.373. The minimum absolute atomic E-state index is 0.0731. The molecule has 0 aliphatic rings. The first kappa shape index (κ1) is 19.8. The number of carbonyl (C=O) groups is 1. The van der Waals surface area contributed by atoms with Gasteiger partial charge in [-0.3, -0.25) is 14.9 Å². The number of nitrogens with zero attached hydrogens (tertiary/aromatic N) is 2. The van der Waals surface area contributed by atoms with Gasteiger partial charge in [-0.2, -0.15) is 5.10 Å². The molecule has 0 fully saturated rings. The average Bonchev–Trinajstić information content (AvgIpc) is 2.76. The molecule has 7 nitrogen and oxygen atoms in total. The summed E-state index contributed by atoms with van der Waals surface area (Å²) < 4.78 is 5.66. The molecule has 0 aliphatic carbocycles. The number of carbonyl (C=O) groups excluding carboxylic acids is 1. The molecule has 3 aromatic rings. The second kappa shape index (κ2) is 9.27. The highest BCUT2D eigenvalue weighted by Gasteiger charge is 2.15. The number of hydrogen-bond acceptors (Lipinski definition) is 5. The molecule has 0 aromatic heterocycles. The van der Waals surface area contributed by atoms with E-state index in [1.807, 2.05) is 48.5 Å². The average molecular weight is 389 g/mol. The van der Waals surface area contributed by atoms with Crippen molar-refractivity contribution in [1.82, 2.24) is 5.43 Å². The lowest BCUT2D eigenvalue weighted by Crippen LogP contribution is -2.25. The number of amides is 1. The Morgan fingerprint density at radius 3 is 2.41 bits per heavy atom. The number of hydrogen-bond donors (Lipinski definition) is 1. The van der Waals surface area contributed by atoms with Crippen LogP contribution in [0.2, 0.25) is 0 Å². The molecule has 3 rings (SSSR count). The lowest BCUT2D eigenvalue weighted by molar-refractivity contribution is -0.385. The number of ether oxygens (including phenoxy) is 1. The standard InChI is InChI=1S/C22H19N3O4/c1-16(18-11-5-7-13-20(18)25(27)28)23-24-22(26)15-29-21-14-8-6-12-19(21)17-9-3-2-4-10-17/h2-14H,15H2,1H3,(H,24,26)/b23-16-. The van der Waals surface area contributed by atoms with Gasteiger partial charge < -0.3 is 4.74 Å². The van der Waals surface area contributed by atoms with Crippen LogP contribution in [0.15, 0.2) is 84.0 Å². The van der Waals surface area contributed by atoms with Crippen LogP contribution in [-0.4, -0.2) is 23.1 Å². The summed E-state index contributed by atoms with van der Waals surface area (Å²) >= 11 is 0. The molecule has 0 radical (unpaired) electrons. The monoisotopic (exact) mass is 389 g/mol. The second-order valence-corrected chi connectivity index (χ2v) is 6.16. The molecule has 0 heterocycles. The van der Waals surface area contributed by atoms with Gasteiger partial charge in [-0.1, -0.05) is 60.7 Å². The third kappa shape index (κ3) is 5.04. The van der Waals surface area contributed by atoms with Crippen molar-refractivity contribution in [1.29, 1.82) is 0 Å². The fourth-order valence-electron chi connectivity index (χ4n) is 2.77. The zero-order valence-corrected chi connectivity index (χ0v) is 15.7. The SMILES string of the molecule is C/C(=N/NC(=O)COc1ccccc1-c1ccccc1)c1ccccc1[N+](=O)[O-]. The third-order valence-electron chi connectivity index (χ3n) is 4.17. The maximum Gasteiger partial charge on any atom is 0.278 e. The number of hydrazone groups is 1. The Morgan fingerprint density at radius 2 is 1.66 bits per heavy atom. The lowest BCUT2D eigenvalue weighted by Gasteiger charge is -2.11. The molecule has 0 bridgehead atoms. The van der Waals surface area contributed by atoms with Gasteiger partial charge in [0.05, 0.1) is 16.2 Å². The summed E-state index contributed by atoms with van der Waals surface area (Å²) in [6.07, 6.45) is 0. The van der Waals surface area contributed by atoms with Crippen LogP contribution in [0.4, 0.5) is 5.69 Å². The maximum absolute atomic E-state index is 12.1. The highest BCUT2D eigenvalue weighted by atomic mass is 16.6. The largest absolute Gasteiger partial charge is 0.483 e. The fraction of sp³-hybridized carbons (Fsp3) is 0.0909. The topological polar surface area (TPSA) is 93.8 Å². The van der Waals surface area contributed by atoms with E-state index in [2.05, 4.69) is 10.5 Å². The van der Waals surface area contributed by atoms with Gasteiger partial charge in [0, 0.05) is 11.6 Å². The molecule has 1 N–H and O–H groups in total. The van der Waals surface area contributed by atoms with Crippen molar-refractivity contribution in [3.63, 3.8) is 0 Å². The highest BCUT2D eigenvalue weighted by molar-refractivity contribution is 6.02. The van der Waals surface area contributed by atoms with Gasteiger partial charge in [0.2, 0.25) is 0 Å². The van der Waals surface area contributed by atoms with E-state index in [4.69, 9.17) is 4.74 Å². The van der Waals surface area contributed by atoms with Crippen molar-refractivity contribution in [3.8, 4) is 16.9 Å². The molecule has 0 spiro atoms. The van der Waals surface area contributed by atoms with Crippen LogP contribution < -0.4 is 10.2 Å². The van der Waals surface area contributed by atoms with Crippen LogP contribution in [0.5, 0.6) is 5.75 Å². The number of nitro groups is 1. The molecule has 1 amide bonds. The zero-order chi connectivity index (χ0) is 20.6. The minimum atomic E-state index is -0.486. The van der Waals surface area contributed by atoms with Crippen molar-refractivity contribution in [2.24, 2.45) is 5.10 Å². The normalized spacial score (nSPS) is 11.0. The van der Waals surface area contributed by atoms with E-state index >= 15 is 0 Å². The van der Waals surface area contributed by atoms with Gasteiger partial charge in [0.1, 0.15) is 5.75 Å². The lowest BCUT2D eigenvalue weighted by atomic mass is 10.1. The van der Waals surface area contributed by atoms with Gasteiger partial charge >= 0.3 is 0 Å². The molecular weight excluding hydrogens is 370 g/mol. The molecule has 0 unspecified atom stereocenters. The Bertz CT molecular complexity index is 1050. The van der Waals surface area contributed by atoms with E-state index in [1.165, 1.54) is 6.07 Å². The number of para-hydroxylation sites is 2. The van der Waals surface area contributed by atoms with Crippen LogP contribution in [0.3, 0.4) is 0 Å². The predicted molar refractivity (Wildman–Crippen MR) is 111 cm³/mol. The van der Waals surface area contributed by atoms with E-state index in [1.54, 1.807) is 31.2 Å². The maximum atomic E-state index is 12.1. The first-order valence-corrected chi connectivity index (χ1v) is 8.90. The summed E-state index contributed by atoms with van der Waals surface area (Å²) in [6, 6.07) is 23.4. The van der Waals surface area contributed by atoms with E-state index in [0.29, 0.717) is 17.0 Å². The molecule has 3 aromatic carbocycles.